The molecule has 0 fully saturated rings. The van der Waals surface area contributed by atoms with Crippen LogP contribution in [0.15, 0.2) is 62.1 Å². The van der Waals surface area contributed by atoms with E-state index in [0.717, 1.165) is 62.1 Å². The molecule has 0 spiro atoms. The Kier molecular flexibility index (Phi) is 7.11. The number of carbonyl (C=O) groups is 1. The Morgan fingerprint density at radius 3 is 2.68 bits per heavy atom. The molecule has 0 aliphatic heterocycles. The number of amides is 1. The summed E-state index contributed by atoms with van der Waals surface area (Å²) in [5.74, 6) is 0.478. The van der Waals surface area contributed by atoms with Gasteiger partial charge >= 0.3 is 0 Å². The molecule has 0 saturated carbocycles. The zero-order valence-corrected chi connectivity index (χ0v) is 20.7. The van der Waals surface area contributed by atoms with Gasteiger partial charge in [0.1, 0.15) is 9.96 Å². The Bertz CT molecular complexity index is 1460. The predicted molar refractivity (Wildman–Crippen MR) is 131 cm³/mol. The molecule has 10 nitrogen and oxygen atoms in total. The van der Waals surface area contributed by atoms with Crippen LogP contribution in [0.25, 0.3) is 10.2 Å². The molecule has 176 valence electrons. The largest absolute Gasteiger partial charge is 0.494 e. The van der Waals surface area contributed by atoms with Crippen LogP contribution in [0, 0.1) is 10.1 Å². The van der Waals surface area contributed by atoms with Gasteiger partial charge in [-0.3, -0.25) is 14.9 Å². The summed E-state index contributed by atoms with van der Waals surface area (Å²) >= 11 is 3.52. The van der Waals surface area contributed by atoms with Crippen molar-refractivity contribution >= 4 is 71.2 Å². The SMILES string of the molecule is CCOc1ccc2nc(SCC(=O)Nc3ncc(S(=O)(=O)c4ccc([N+](=O)[O-])cc4)s3)sc2c1. The lowest BCUT2D eigenvalue weighted by atomic mass is 10.3. The number of nitrogens with zero attached hydrogens (tertiary/aromatic N) is 3. The van der Waals surface area contributed by atoms with Crippen molar-refractivity contribution < 1.29 is 22.9 Å². The van der Waals surface area contributed by atoms with Crippen molar-refractivity contribution in [2.45, 2.75) is 20.4 Å². The third kappa shape index (κ3) is 5.35. The number of ether oxygens (including phenoxy) is 1. The fourth-order valence-corrected chi connectivity index (χ4v) is 7.13. The first-order chi connectivity index (χ1) is 16.3. The molecule has 1 amide bonds. The summed E-state index contributed by atoms with van der Waals surface area (Å²) in [6, 6.07) is 10.2. The van der Waals surface area contributed by atoms with Gasteiger partial charge in [-0.15, -0.1) is 11.3 Å². The number of thioether (sulfide) groups is 1. The Labute approximate surface area is 206 Å². The molecule has 0 bridgehead atoms. The Hall–Kier alpha value is -3.07. The van der Waals surface area contributed by atoms with E-state index in [9.17, 15) is 23.3 Å². The maximum atomic E-state index is 12.7. The molecule has 34 heavy (non-hydrogen) atoms. The maximum Gasteiger partial charge on any atom is 0.269 e. The molecule has 2 aromatic heterocycles. The van der Waals surface area contributed by atoms with Crippen LogP contribution in [0.5, 0.6) is 5.75 Å². The van der Waals surface area contributed by atoms with Crippen molar-refractivity contribution in [3.63, 3.8) is 0 Å². The van der Waals surface area contributed by atoms with E-state index in [1.807, 2.05) is 25.1 Å². The fourth-order valence-electron chi connectivity index (χ4n) is 2.79. The summed E-state index contributed by atoms with van der Waals surface area (Å²) in [5.41, 5.74) is 0.606. The number of aromatic nitrogens is 2. The fraction of sp³-hybridized carbons (Fsp3) is 0.150. The first kappa shape index (κ1) is 24.1. The molecule has 1 N–H and O–H groups in total. The number of nitro benzene ring substituents is 1. The van der Waals surface area contributed by atoms with Gasteiger partial charge in [-0.25, -0.2) is 18.4 Å². The third-order valence-electron chi connectivity index (χ3n) is 4.33. The average molecular weight is 537 g/mol. The van der Waals surface area contributed by atoms with Crippen LogP contribution in [-0.2, 0) is 14.6 Å². The molecule has 0 atom stereocenters. The van der Waals surface area contributed by atoms with Gasteiger partial charge in [-0.1, -0.05) is 23.1 Å². The number of benzene rings is 2. The first-order valence-corrected chi connectivity index (χ1v) is 13.8. The van der Waals surface area contributed by atoms with Gasteiger partial charge < -0.3 is 10.1 Å². The quantitative estimate of drug-likeness (QED) is 0.184. The van der Waals surface area contributed by atoms with E-state index < -0.39 is 14.8 Å². The molecule has 0 radical (unpaired) electrons. The number of anilines is 1. The van der Waals surface area contributed by atoms with Crippen LogP contribution in [0.1, 0.15) is 6.92 Å². The highest BCUT2D eigenvalue weighted by molar-refractivity contribution is 8.01. The minimum absolute atomic E-state index is 0.0716. The number of hydrogen-bond donors (Lipinski definition) is 1. The van der Waals surface area contributed by atoms with Crippen LogP contribution in [0.2, 0.25) is 0 Å². The Morgan fingerprint density at radius 2 is 1.97 bits per heavy atom. The smallest absolute Gasteiger partial charge is 0.269 e. The second-order valence-electron chi connectivity index (χ2n) is 6.62. The molecule has 2 heterocycles. The summed E-state index contributed by atoms with van der Waals surface area (Å²) in [4.78, 5) is 30.9. The van der Waals surface area contributed by atoms with E-state index in [0.29, 0.717) is 6.61 Å². The van der Waals surface area contributed by atoms with Crippen LogP contribution in [0.4, 0.5) is 10.8 Å². The molecule has 2 aromatic carbocycles. The zero-order valence-electron chi connectivity index (χ0n) is 17.5. The van der Waals surface area contributed by atoms with Crippen LogP contribution in [-0.4, -0.2) is 41.6 Å². The molecule has 0 saturated heterocycles. The second kappa shape index (κ2) is 10.0. The number of rotatable bonds is 9. The molecule has 0 aliphatic rings. The van der Waals surface area contributed by atoms with Gasteiger partial charge in [0.15, 0.2) is 9.47 Å². The summed E-state index contributed by atoms with van der Waals surface area (Å²) in [7, 11) is -3.92. The maximum absolute atomic E-state index is 12.7. The highest BCUT2D eigenvalue weighted by atomic mass is 32.2. The lowest BCUT2D eigenvalue weighted by Crippen LogP contribution is -2.13. The number of fused-ring (bicyclic) bond motifs is 1. The van der Waals surface area contributed by atoms with E-state index in [-0.39, 0.29) is 31.6 Å². The second-order valence-corrected chi connectivity index (χ2v) is 12.1. The van der Waals surface area contributed by atoms with E-state index in [2.05, 4.69) is 15.3 Å². The van der Waals surface area contributed by atoms with Gasteiger partial charge in [0.2, 0.25) is 15.7 Å². The number of non-ortho nitro benzene ring substituents is 1. The molecule has 0 aliphatic carbocycles. The highest BCUT2D eigenvalue weighted by Gasteiger charge is 2.22. The van der Waals surface area contributed by atoms with E-state index in [1.54, 1.807) is 0 Å². The topological polar surface area (TPSA) is 141 Å². The number of carbonyl (C=O) groups excluding carboxylic acids is 1. The lowest BCUT2D eigenvalue weighted by molar-refractivity contribution is -0.384. The van der Waals surface area contributed by atoms with Crippen LogP contribution >= 0.6 is 34.4 Å². The third-order valence-corrected chi connectivity index (χ3v) is 9.64. The van der Waals surface area contributed by atoms with Crippen molar-refractivity contribution in [3.8, 4) is 5.75 Å². The molecule has 4 aromatic rings. The Balaban J connectivity index is 1.38. The van der Waals surface area contributed by atoms with Gasteiger partial charge in [0, 0.05) is 12.1 Å². The summed E-state index contributed by atoms with van der Waals surface area (Å²) in [6.07, 6.45) is 1.15. The minimum atomic E-state index is -3.92. The minimum Gasteiger partial charge on any atom is -0.494 e. The van der Waals surface area contributed by atoms with Gasteiger partial charge in [0.05, 0.1) is 38.6 Å². The van der Waals surface area contributed by atoms with Crippen molar-refractivity contribution in [1.82, 2.24) is 9.97 Å². The summed E-state index contributed by atoms with van der Waals surface area (Å²) < 4.78 is 32.6. The van der Waals surface area contributed by atoms with Gasteiger partial charge in [-0.2, -0.15) is 0 Å². The predicted octanol–water partition coefficient (Wildman–Crippen LogP) is 4.62. The number of sulfone groups is 1. The van der Waals surface area contributed by atoms with Crippen LogP contribution in [0.3, 0.4) is 0 Å². The van der Waals surface area contributed by atoms with Crippen molar-refractivity contribution in [1.29, 1.82) is 0 Å². The highest BCUT2D eigenvalue weighted by Crippen LogP contribution is 2.33. The number of nitro groups is 1. The van der Waals surface area contributed by atoms with Crippen LogP contribution < -0.4 is 10.1 Å². The zero-order chi connectivity index (χ0) is 24.3. The van der Waals surface area contributed by atoms with E-state index in [4.69, 9.17) is 4.74 Å². The van der Waals surface area contributed by atoms with Gasteiger partial charge in [-0.05, 0) is 37.3 Å². The lowest BCUT2D eigenvalue weighted by Gasteiger charge is -2.01. The molecular weight excluding hydrogens is 521 g/mol. The number of hydrogen-bond acceptors (Lipinski definition) is 11. The van der Waals surface area contributed by atoms with E-state index >= 15 is 0 Å². The standard InChI is InChI=1S/C20H16N4O6S4/c1-2-30-13-5-8-15-16(9-13)32-20(22-15)31-11-17(25)23-19-21-10-18(33-19)34(28,29)14-6-3-12(4-7-14)24(26)27/h3-10H,2,11H2,1H3,(H,21,23,25). The summed E-state index contributed by atoms with van der Waals surface area (Å²) in [6.45, 7) is 2.48. The summed E-state index contributed by atoms with van der Waals surface area (Å²) in [5, 5.41) is 13.5. The molecule has 0 unspecified atom stereocenters. The van der Waals surface area contributed by atoms with Crippen molar-refractivity contribution in [2.75, 3.05) is 17.7 Å². The van der Waals surface area contributed by atoms with Crippen molar-refractivity contribution in [3.05, 3.63) is 58.8 Å². The van der Waals surface area contributed by atoms with Gasteiger partial charge in [0.25, 0.3) is 5.69 Å². The normalized spacial score (nSPS) is 11.4. The Morgan fingerprint density at radius 1 is 1.21 bits per heavy atom. The van der Waals surface area contributed by atoms with E-state index in [1.165, 1.54) is 23.1 Å². The first-order valence-electron chi connectivity index (χ1n) is 9.67. The average Bonchev–Trinajstić information content (AvgIpc) is 3.45. The van der Waals surface area contributed by atoms with Crippen molar-refractivity contribution in [2.24, 2.45) is 0 Å². The number of nitrogens with one attached hydrogen (secondary N) is 1. The molecule has 14 heteroatoms. The molecular formula is C20H16N4O6S4. The monoisotopic (exact) mass is 536 g/mol. The number of thiazole rings is 2. The molecule has 4 rings (SSSR count).